The fourth-order valence-corrected chi connectivity index (χ4v) is 2.51. The molecular formula is C13H18BrClFN. The van der Waals surface area contributed by atoms with E-state index in [0.717, 1.165) is 18.5 Å². The molecule has 0 bridgehead atoms. The van der Waals surface area contributed by atoms with Gasteiger partial charge in [-0.05, 0) is 39.9 Å². The summed E-state index contributed by atoms with van der Waals surface area (Å²) in [6, 6.07) is 5.05. The molecule has 0 aromatic heterocycles. The second kappa shape index (κ2) is 7.34. The summed E-state index contributed by atoms with van der Waals surface area (Å²) < 4.78 is 13.8. The Hall–Kier alpha value is -0.120. The van der Waals surface area contributed by atoms with Crippen molar-refractivity contribution in [3.05, 3.63) is 34.1 Å². The first kappa shape index (κ1) is 14.9. The largest absolute Gasteiger partial charge is 0.311 e. The quantitative estimate of drug-likeness (QED) is 0.769. The van der Waals surface area contributed by atoms with E-state index in [1.54, 1.807) is 6.07 Å². The van der Waals surface area contributed by atoms with E-state index in [0.29, 0.717) is 16.9 Å². The summed E-state index contributed by atoms with van der Waals surface area (Å²) in [6.45, 7) is 5.67. The molecule has 0 saturated heterocycles. The number of benzene rings is 1. The molecule has 0 aliphatic rings. The minimum Gasteiger partial charge on any atom is -0.311 e. The maximum atomic E-state index is 13.2. The normalized spacial score (nSPS) is 13.1. The van der Waals surface area contributed by atoms with E-state index in [1.165, 1.54) is 6.07 Å². The zero-order chi connectivity index (χ0) is 12.8. The van der Waals surface area contributed by atoms with Gasteiger partial charge in [0.15, 0.2) is 0 Å². The molecule has 1 atom stereocenters. The van der Waals surface area contributed by atoms with Crippen LogP contribution in [0.3, 0.4) is 0 Å². The fraction of sp³-hybridized carbons (Fsp3) is 0.538. The molecule has 96 valence electrons. The van der Waals surface area contributed by atoms with Gasteiger partial charge in [-0.2, -0.15) is 0 Å². The van der Waals surface area contributed by atoms with Crippen molar-refractivity contribution in [3.8, 4) is 0 Å². The van der Waals surface area contributed by atoms with Gasteiger partial charge in [-0.25, -0.2) is 4.39 Å². The predicted molar refractivity (Wildman–Crippen MR) is 74.9 cm³/mol. The minimum absolute atomic E-state index is 0.127. The van der Waals surface area contributed by atoms with E-state index in [-0.39, 0.29) is 11.2 Å². The molecule has 1 rings (SSSR count). The Bertz CT molecular complexity index is 357. The van der Waals surface area contributed by atoms with Crippen LogP contribution in [0.15, 0.2) is 22.7 Å². The maximum absolute atomic E-state index is 13.2. The Kier molecular flexibility index (Phi) is 6.45. The number of alkyl halides is 1. The third-order valence-electron chi connectivity index (χ3n) is 2.44. The zero-order valence-corrected chi connectivity index (χ0v) is 12.5. The summed E-state index contributed by atoms with van der Waals surface area (Å²) in [7, 11) is 0. The first-order valence-electron chi connectivity index (χ1n) is 5.78. The molecule has 1 aromatic rings. The first-order chi connectivity index (χ1) is 8.00. The maximum Gasteiger partial charge on any atom is 0.137 e. The van der Waals surface area contributed by atoms with Crippen molar-refractivity contribution < 1.29 is 4.39 Å². The van der Waals surface area contributed by atoms with Crippen LogP contribution in [0.4, 0.5) is 4.39 Å². The monoisotopic (exact) mass is 321 g/mol. The number of hydrogen-bond donors (Lipinski definition) is 1. The SMILES string of the molecule is CC(C)CC(Cl)CNCc1cccc(F)c1Br. The molecule has 0 spiro atoms. The molecule has 4 heteroatoms. The summed E-state index contributed by atoms with van der Waals surface area (Å²) in [6.07, 6.45) is 0.985. The summed E-state index contributed by atoms with van der Waals surface area (Å²) >= 11 is 9.40. The molecule has 1 N–H and O–H groups in total. The van der Waals surface area contributed by atoms with E-state index in [4.69, 9.17) is 11.6 Å². The van der Waals surface area contributed by atoms with E-state index in [9.17, 15) is 4.39 Å². The lowest BCUT2D eigenvalue weighted by molar-refractivity contribution is 0.532. The third kappa shape index (κ3) is 5.36. The first-order valence-corrected chi connectivity index (χ1v) is 7.01. The summed E-state index contributed by atoms with van der Waals surface area (Å²) in [5, 5.41) is 3.37. The van der Waals surface area contributed by atoms with Gasteiger partial charge in [-0.15, -0.1) is 11.6 Å². The van der Waals surface area contributed by atoms with Gasteiger partial charge < -0.3 is 5.32 Å². The molecule has 1 unspecified atom stereocenters. The van der Waals surface area contributed by atoms with Crippen molar-refractivity contribution in [2.24, 2.45) is 5.92 Å². The van der Waals surface area contributed by atoms with Crippen LogP contribution in [0.1, 0.15) is 25.8 Å². The Morgan fingerprint density at radius 1 is 1.41 bits per heavy atom. The summed E-state index contributed by atoms with van der Waals surface area (Å²) in [4.78, 5) is 0. The van der Waals surface area contributed by atoms with Gasteiger partial charge >= 0.3 is 0 Å². The molecular weight excluding hydrogens is 305 g/mol. The number of halogens is 3. The highest BCUT2D eigenvalue weighted by Gasteiger charge is 2.08. The third-order valence-corrected chi connectivity index (χ3v) is 3.66. The summed E-state index contributed by atoms with van der Waals surface area (Å²) in [5.74, 6) is 0.370. The van der Waals surface area contributed by atoms with Gasteiger partial charge in [0.05, 0.1) is 4.47 Å². The topological polar surface area (TPSA) is 12.0 Å². The summed E-state index contributed by atoms with van der Waals surface area (Å²) in [5.41, 5.74) is 0.915. The van der Waals surface area contributed by atoms with Crippen molar-refractivity contribution in [2.75, 3.05) is 6.54 Å². The average molecular weight is 323 g/mol. The second-order valence-electron chi connectivity index (χ2n) is 4.57. The molecule has 0 saturated carbocycles. The van der Waals surface area contributed by atoms with Gasteiger partial charge in [-0.1, -0.05) is 26.0 Å². The molecule has 0 amide bonds. The number of nitrogens with one attached hydrogen (secondary N) is 1. The molecule has 17 heavy (non-hydrogen) atoms. The Balaban J connectivity index is 2.38. The molecule has 1 nitrogen and oxygen atoms in total. The molecule has 0 aliphatic carbocycles. The Morgan fingerprint density at radius 2 is 2.12 bits per heavy atom. The Morgan fingerprint density at radius 3 is 2.76 bits per heavy atom. The van der Waals surface area contributed by atoms with E-state index in [2.05, 4.69) is 35.1 Å². The second-order valence-corrected chi connectivity index (χ2v) is 5.98. The van der Waals surface area contributed by atoms with Crippen molar-refractivity contribution in [3.63, 3.8) is 0 Å². The highest BCUT2D eigenvalue weighted by Crippen LogP contribution is 2.20. The van der Waals surface area contributed by atoms with Crippen LogP contribution >= 0.6 is 27.5 Å². The van der Waals surface area contributed by atoms with Crippen LogP contribution in [0.25, 0.3) is 0 Å². The van der Waals surface area contributed by atoms with Gasteiger partial charge in [-0.3, -0.25) is 0 Å². The van der Waals surface area contributed by atoms with Crippen LogP contribution in [0, 0.1) is 11.7 Å². The van der Waals surface area contributed by atoms with Crippen LogP contribution in [0.2, 0.25) is 0 Å². The van der Waals surface area contributed by atoms with Crippen LogP contribution in [-0.4, -0.2) is 11.9 Å². The van der Waals surface area contributed by atoms with Crippen LogP contribution in [-0.2, 0) is 6.54 Å². The van der Waals surface area contributed by atoms with Crippen LogP contribution < -0.4 is 5.32 Å². The van der Waals surface area contributed by atoms with E-state index < -0.39 is 0 Å². The highest BCUT2D eigenvalue weighted by atomic mass is 79.9. The lowest BCUT2D eigenvalue weighted by atomic mass is 10.1. The van der Waals surface area contributed by atoms with Crippen molar-refractivity contribution in [1.82, 2.24) is 5.32 Å². The Labute approximate surface area is 116 Å². The van der Waals surface area contributed by atoms with Gasteiger partial charge in [0.25, 0.3) is 0 Å². The lowest BCUT2D eigenvalue weighted by Crippen LogP contribution is -2.24. The fourth-order valence-electron chi connectivity index (χ4n) is 1.64. The predicted octanol–water partition coefficient (Wildman–Crippen LogP) is 4.33. The standard InChI is InChI=1S/C13H18BrClFN/c1-9(2)6-11(15)8-17-7-10-4-3-5-12(16)13(10)14/h3-5,9,11,17H,6-8H2,1-2H3. The average Bonchev–Trinajstić information content (AvgIpc) is 2.23. The molecule has 1 aromatic carbocycles. The van der Waals surface area contributed by atoms with Crippen molar-refractivity contribution in [2.45, 2.75) is 32.2 Å². The highest BCUT2D eigenvalue weighted by molar-refractivity contribution is 9.10. The molecule has 0 fully saturated rings. The van der Waals surface area contributed by atoms with E-state index >= 15 is 0 Å². The van der Waals surface area contributed by atoms with Gasteiger partial charge in [0, 0.05) is 18.5 Å². The molecule has 0 aliphatic heterocycles. The zero-order valence-electron chi connectivity index (χ0n) is 10.1. The lowest BCUT2D eigenvalue weighted by Gasteiger charge is -2.13. The number of hydrogen-bond acceptors (Lipinski definition) is 1. The van der Waals surface area contributed by atoms with Crippen molar-refractivity contribution in [1.29, 1.82) is 0 Å². The minimum atomic E-state index is -0.228. The van der Waals surface area contributed by atoms with Gasteiger partial charge in [0.2, 0.25) is 0 Å². The smallest absolute Gasteiger partial charge is 0.137 e. The number of rotatable bonds is 6. The molecule has 0 radical (unpaired) electrons. The van der Waals surface area contributed by atoms with Crippen molar-refractivity contribution >= 4 is 27.5 Å². The molecule has 0 heterocycles. The van der Waals surface area contributed by atoms with Gasteiger partial charge in [0.1, 0.15) is 5.82 Å². The van der Waals surface area contributed by atoms with Crippen LogP contribution in [0.5, 0.6) is 0 Å². The van der Waals surface area contributed by atoms with E-state index in [1.807, 2.05) is 6.07 Å².